The number of esters is 1. The largest absolute Gasteiger partial charge is 0.469 e. The van der Waals surface area contributed by atoms with Gasteiger partial charge in [0.1, 0.15) is 19.2 Å². The lowest BCUT2D eigenvalue weighted by Crippen LogP contribution is -2.10. The van der Waals surface area contributed by atoms with Crippen molar-refractivity contribution in [3.05, 3.63) is 0 Å². The average Bonchev–Trinajstić information content (AvgIpc) is 2.12. The highest BCUT2D eigenvalue weighted by Crippen LogP contribution is 1.86. The van der Waals surface area contributed by atoms with Gasteiger partial charge >= 0.3 is 5.97 Å². The Balaban J connectivity index is 3.61. The lowest BCUT2D eigenvalue weighted by atomic mass is 10.3. The minimum atomic E-state index is -0.577. The van der Waals surface area contributed by atoms with Crippen LogP contribution in [0.1, 0.15) is 19.8 Å². The summed E-state index contributed by atoms with van der Waals surface area (Å²) in [7, 11) is 1.22. The number of rotatable bonds is 6. The van der Waals surface area contributed by atoms with Crippen molar-refractivity contribution in [3.63, 3.8) is 0 Å². The van der Waals surface area contributed by atoms with Gasteiger partial charge in [0.05, 0.1) is 7.11 Å². The Labute approximate surface area is 76.7 Å². The standard InChI is InChI=1S/C8H13NO4/c1-3-4-13-9-6-7(10)5-8(11)12-2/h6H,3-5H2,1-2H3. The first kappa shape index (κ1) is 11.6. The number of carbonyl (C=O) groups excluding carboxylic acids is 2. The van der Waals surface area contributed by atoms with Crippen molar-refractivity contribution in [2.45, 2.75) is 19.8 Å². The first-order valence-corrected chi connectivity index (χ1v) is 3.95. The fourth-order valence-electron chi connectivity index (χ4n) is 0.500. The van der Waals surface area contributed by atoms with Crippen molar-refractivity contribution in [2.24, 2.45) is 5.16 Å². The molecule has 5 nitrogen and oxygen atoms in total. The summed E-state index contributed by atoms with van der Waals surface area (Å²) in [6.07, 6.45) is 1.50. The number of Topliss-reactive ketones (excluding diaryl/α,β-unsaturated/α-hetero) is 1. The molecule has 0 aliphatic heterocycles. The van der Waals surface area contributed by atoms with Crippen LogP contribution in [0.2, 0.25) is 0 Å². The van der Waals surface area contributed by atoms with Crippen molar-refractivity contribution >= 4 is 18.0 Å². The van der Waals surface area contributed by atoms with E-state index < -0.39 is 11.8 Å². The number of oxime groups is 1. The Morgan fingerprint density at radius 3 is 2.69 bits per heavy atom. The Bertz CT molecular complexity index is 200. The predicted octanol–water partition coefficient (Wildman–Crippen LogP) is 0.531. The van der Waals surface area contributed by atoms with Crippen molar-refractivity contribution in [1.82, 2.24) is 0 Å². The van der Waals surface area contributed by atoms with Gasteiger partial charge in [-0.25, -0.2) is 0 Å². The van der Waals surface area contributed by atoms with Crippen LogP contribution >= 0.6 is 0 Å². The number of methoxy groups -OCH3 is 1. The van der Waals surface area contributed by atoms with Gasteiger partial charge in [0.2, 0.25) is 0 Å². The highest BCUT2D eigenvalue weighted by molar-refractivity contribution is 6.31. The third-order valence-corrected chi connectivity index (χ3v) is 1.11. The van der Waals surface area contributed by atoms with E-state index >= 15 is 0 Å². The van der Waals surface area contributed by atoms with E-state index in [-0.39, 0.29) is 6.42 Å². The second-order valence-corrected chi connectivity index (χ2v) is 2.29. The third-order valence-electron chi connectivity index (χ3n) is 1.11. The van der Waals surface area contributed by atoms with Crippen molar-refractivity contribution in [1.29, 1.82) is 0 Å². The fourth-order valence-corrected chi connectivity index (χ4v) is 0.500. The zero-order chi connectivity index (χ0) is 10.1. The molecule has 0 heterocycles. The zero-order valence-electron chi connectivity index (χ0n) is 7.78. The first-order chi connectivity index (χ1) is 6.20. The molecule has 0 atom stereocenters. The molecule has 0 aliphatic carbocycles. The smallest absolute Gasteiger partial charge is 0.313 e. The van der Waals surface area contributed by atoms with Crippen LogP contribution in [-0.4, -0.2) is 31.7 Å². The van der Waals surface area contributed by atoms with Gasteiger partial charge < -0.3 is 9.57 Å². The molecule has 0 saturated carbocycles. The van der Waals surface area contributed by atoms with Gasteiger partial charge in [0.15, 0.2) is 5.78 Å². The van der Waals surface area contributed by atoms with E-state index in [2.05, 4.69) is 14.7 Å². The second-order valence-electron chi connectivity index (χ2n) is 2.29. The van der Waals surface area contributed by atoms with E-state index in [4.69, 9.17) is 0 Å². The molecule has 0 amide bonds. The Kier molecular flexibility index (Phi) is 6.49. The molecule has 0 aromatic rings. The van der Waals surface area contributed by atoms with Crippen molar-refractivity contribution in [2.75, 3.05) is 13.7 Å². The van der Waals surface area contributed by atoms with E-state index in [0.29, 0.717) is 6.61 Å². The summed E-state index contributed by atoms with van der Waals surface area (Å²) in [4.78, 5) is 26.1. The summed E-state index contributed by atoms with van der Waals surface area (Å²) >= 11 is 0. The van der Waals surface area contributed by atoms with Crippen LogP contribution in [0, 0.1) is 0 Å². The molecule has 0 N–H and O–H groups in total. The molecule has 74 valence electrons. The Morgan fingerprint density at radius 2 is 2.15 bits per heavy atom. The minimum Gasteiger partial charge on any atom is -0.469 e. The molecule has 0 rings (SSSR count). The van der Waals surface area contributed by atoms with E-state index in [0.717, 1.165) is 12.6 Å². The first-order valence-electron chi connectivity index (χ1n) is 3.95. The van der Waals surface area contributed by atoms with E-state index in [1.165, 1.54) is 7.11 Å². The summed E-state index contributed by atoms with van der Waals surface area (Å²) in [5.74, 6) is -1.00. The van der Waals surface area contributed by atoms with E-state index in [1.807, 2.05) is 6.92 Å². The molecule has 0 radical (unpaired) electrons. The van der Waals surface area contributed by atoms with Gasteiger partial charge in [0.25, 0.3) is 0 Å². The van der Waals surface area contributed by atoms with Crippen molar-refractivity contribution in [3.8, 4) is 0 Å². The maximum atomic E-state index is 10.8. The van der Waals surface area contributed by atoms with Crippen LogP contribution < -0.4 is 0 Å². The molecule has 0 bridgehead atoms. The van der Waals surface area contributed by atoms with Crippen LogP contribution in [0.25, 0.3) is 0 Å². The SMILES string of the molecule is CCCON=CC(=O)CC(=O)OC. The number of hydrogen-bond acceptors (Lipinski definition) is 5. The number of hydrogen-bond donors (Lipinski definition) is 0. The molecule has 0 aromatic carbocycles. The lowest BCUT2D eigenvalue weighted by molar-refractivity contribution is -0.142. The van der Waals surface area contributed by atoms with Crippen LogP contribution in [-0.2, 0) is 19.2 Å². The Hall–Kier alpha value is -1.39. The monoisotopic (exact) mass is 187 g/mol. The van der Waals surface area contributed by atoms with E-state index in [9.17, 15) is 9.59 Å². The molecule has 0 saturated heterocycles. The maximum absolute atomic E-state index is 10.8. The van der Waals surface area contributed by atoms with Gasteiger partial charge in [0, 0.05) is 0 Å². The number of carbonyl (C=O) groups is 2. The number of ketones is 1. The third kappa shape index (κ3) is 6.99. The van der Waals surface area contributed by atoms with Gasteiger partial charge in [-0.05, 0) is 6.42 Å². The Morgan fingerprint density at radius 1 is 1.46 bits per heavy atom. The maximum Gasteiger partial charge on any atom is 0.313 e. The second kappa shape index (κ2) is 7.27. The van der Waals surface area contributed by atoms with Gasteiger partial charge in [-0.15, -0.1) is 0 Å². The lowest BCUT2D eigenvalue weighted by Gasteiger charge is -1.94. The number of ether oxygens (including phenoxy) is 1. The van der Waals surface area contributed by atoms with Gasteiger partial charge in [-0.1, -0.05) is 12.1 Å². The quantitative estimate of drug-likeness (QED) is 0.200. The van der Waals surface area contributed by atoms with Gasteiger partial charge in [-0.2, -0.15) is 0 Å². The topological polar surface area (TPSA) is 65.0 Å². The average molecular weight is 187 g/mol. The summed E-state index contributed by atoms with van der Waals surface area (Å²) in [6.45, 7) is 2.38. The molecular weight excluding hydrogens is 174 g/mol. The fraction of sp³-hybridized carbons (Fsp3) is 0.625. The van der Waals surface area contributed by atoms with Crippen LogP contribution in [0.4, 0.5) is 0 Å². The molecule has 0 aromatic heterocycles. The predicted molar refractivity (Wildman–Crippen MR) is 46.4 cm³/mol. The number of nitrogens with zero attached hydrogens (tertiary/aromatic N) is 1. The summed E-state index contributed by atoms with van der Waals surface area (Å²) in [6, 6.07) is 0. The van der Waals surface area contributed by atoms with Gasteiger partial charge in [-0.3, -0.25) is 9.59 Å². The normalized spacial score (nSPS) is 10.0. The highest BCUT2D eigenvalue weighted by atomic mass is 16.6. The summed E-state index contributed by atoms with van der Waals surface area (Å²) < 4.78 is 4.29. The summed E-state index contributed by atoms with van der Waals surface area (Å²) in [5, 5.41) is 3.37. The molecule has 0 unspecified atom stereocenters. The molecular formula is C8H13NO4. The molecule has 5 heteroatoms. The zero-order valence-corrected chi connectivity index (χ0v) is 7.78. The summed E-state index contributed by atoms with van der Waals surface area (Å²) in [5.41, 5.74) is 0. The molecule has 0 fully saturated rings. The highest BCUT2D eigenvalue weighted by Gasteiger charge is 2.06. The molecule has 13 heavy (non-hydrogen) atoms. The molecule has 0 aliphatic rings. The minimum absolute atomic E-state index is 0.296. The van der Waals surface area contributed by atoms with Crippen LogP contribution in [0.15, 0.2) is 5.16 Å². The van der Waals surface area contributed by atoms with Crippen molar-refractivity contribution < 1.29 is 19.2 Å². The van der Waals surface area contributed by atoms with Crippen LogP contribution in [0.3, 0.4) is 0 Å². The molecule has 0 spiro atoms. The van der Waals surface area contributed by atoms with Crippen LogP contribution in [0.5, 0.6) is 0 Å². The van der Waals surface area contributed by atoms with E-state index in [1.54, 1.807) is 0 Å².